The summed E-state index contributed by atoms with van der Waals surface area (Å²) in [6, 6.07) is 10.5. The molecule has 0 radical (unpaired) electrons. The van der Waals surface area contributed by atoms with Crippen LogP contribution in [0.2, 0.25) is 0 Å². The SMILES string of the molecule is COCCCOc1cc(C[C@@H](C[C@H](NC(=O)OC(C)(C)C)[C@@H]2C[C@@H](C(C)(C)CCOCCCOc3cc(C[C@@H](C[C@H](NC(=O)OC(C)(C)C)[C@@H](O)C[C@H](C(=O)NCC(C)(C)C(N)=O)C(C)C)C(C)C)ccc3OC)C(=O)O2)C(C)C)ccc1OC. The summed E-state index contributed by atoms with van der Waals surface area (Å²) in [5.41, 5.74) is 4.64. The predicted molar refractivity (Wildman–Crippen MR) is 330 cm³/mol. The van der Waals surface area contributed by atoms with Crippen LogP contribution in [-0.2, 0) is 50.9 Å². The zero-order chi connectivity index (χ0) is 64.0. The number of amides is 4. The molecule has 19 nitrogen and oxygen atoms in total. The van der Waals surface area contributed by atoms with Gasteiger partial charge in [-0.25, -0.2) is 9.59 Å². The Balaban J connectivity index is 1.68. The Morgan fingerprint density at radius 3 is 1.64 bits per heavy atom. The molecule has 8 atom stereocenters. The van der Waals surface area contributed by atoms with Crippen molar-refractivity contribution in [1.29, 1.82) is 0 Å². The molecule has 0 saturated carbocycles. The quantitative estimate of drug-likeness (QED) is 0.0240. The number of methoxy groups -OCH3 is 3. The number of carbonyl (C=O) groups excluding carboxylic acids is 5. The van der Waals surface area contributed by atoms with Crippen molar-refractivity contribution in [2.24, 2.45) is 58.0 Å². The fourth-order valence-electron chi connectivity index (χ4n) is 10.4. The minimum atomic E-state index is -1.11. The second kappa shape index (κ2) is 34.1. The summed E-state index contributed by atoms with van der Waals surface area (Å²) in [6.07, 6.45) is 1.68. The monoisotopic (exact) mass is 1200 g/mol. The van der Waals surface area contributed by atoms with Gasteiger partial charge >= 0.3 is 18.2 Å². The highest BCUT2D eigenvalue weighted by Crippen LogP contribution is 2.42. The number of alkyl carbamates (subject to hydrolysis) is 2. The number of aliphatic hydroxyl groups is 1. The highest BCUT2D eigenvalue weighted by Gasteiger charge is 2.47. The summed E-state index contributed by atoms with van der Waals surface area (Å²) < 4.78 is 52.6. The van der Waals surface area contributed by atoms with Gasteiger partial charge in [-0.1, -0.05) is 67.5 Å². The van der Waals surface area contributed by atoms with E-state index in [2.05, 4.69) is 57.5 Å². The van der Waals surface area contributed by atoms with Gasteiger partial charge in [-0.2, -0.15) is 0 Å². The smallest absolute Gasteiger partial charge is 0.408 e. The highest BCUT2D eigenvalue weighted by atomic mass is 16.6. The molecule has 1 aliphatic heterocycles. The van der Waals surface area contributed by atoms with E-state index >= 15 is 0 Å². The molecular formula is C66H110N4O15. The number of nitrogens with one attached hydrogen (secondary N) is 3. The average Bonchev–Trinajstić information content (AvgIpc) is 2.64. The van der Waals surface area contributed by atoms with E-state index in [1.807, 2.05) is 71.0 Å². The number of ether oxygens (including phenoxy) is 9. The zero-order valence-corrected chi connectivity index (χ0v) is 55.2. The summed E-state index contributed by atoms with van der Waals surface area (Å²) in [4.78, 5) is 66.1. The molecule has 0 unspecified atom stereocenters. The molecule has 2 aromatic carbocycles. The number of rotatable bonds is 37. The van der Waals surface area contributed by atoms with Crippen LogP contribution in [0.3, 0.4) is 0 Å². The van der Waals surface area contributed by atoms with Crippen molar-refractivity contribution in [2.75, 3.05) is 60.9 Å². The number of carbonyl (C=O) groups is 5. The van der Waals surface area contributed by atoms with Crippen LogP contribution >= 0.6 is 0 Å². The maximum Gasteiger partial charge on any atom is 0.408 e. The summed E-state index contributed by atoms with van der Waals surface area (Å²) in [7, 11) is 4.87. The Bertz CT molecular complexity index is 2390. The first-order valence-electron chi connectivity index (χ1n) is 30.7. The van der Waals surface area contributed by atoms with Crippen molar-refractivity contribution < 1.29 is 71.7 Å². The number of esters is 1. The van der Waals surface area contributed by atoms with E-state index in [9.17, 15) is 29.1 Å². The summed E-state index contributed by atoms with van der Waals surface area (Å²) >= 11 is 0. The fraction of sp³-hybridized carbons (Fsp3) is 0.742. The van der Waals surface area contributed by atoms with Gasteiger partial charge in [-0.05, 0) is 164 Å². The average molecular weight is 1200 g/mol. The Morgan fingerprint density at radius 1 is 0.659 bits per heavy atom. The number of aliphatic hydroxyl groups excluding tert-OH is 1. The maximum atomic E-state index is 13.8. The van der Waals surface area contributed by atoms with Gasteiger partial charge in [-0.3, -0.25) is 14.4 Å². The van der Waals surface area contributed by atoms with Crippen molar-refractivity contribution in [3.8, 4) is 23.0 Å². The van der Waals surface area contributed by atoms with E-state index in [0.29, 0.717) is 101 Å². The molecule has 1 aliphatic rings. The van der Waals surface area contributed by atoms with Crippen molar-refractivity contribution >= 4 is 30.0 Å². The van der Waals surface area contributed by atoms with Gasteiger partial charge in [0.2, 0.25) is 11.8 Å². The molecule has 0 bridgehead atoms. The first kappa shape index (κ1) is 73.7. The number of cyclic esters (lactones) is 1. The Labute approximate surface area is 509 Å². The predicted octanol–water partition coefficient (Wildman–Crippen LogP) is 10.8. The van der Waals surface area contributed by atoms with Crippen LogP contribution in [0.25, 0.3) is 0 Å². The standard InChI is InChI=1S/C66H110N4O15/c1-41(2)46(36-50(69-61(75)84-63(7,8)9)52(71)38-48(43(5)6)58(72)68-40-66(15,16)60(67)74)32-44-22-24-54(79-19)57(34-44)82-30-21-28-80-31-26-65(13,14)49-39-55(83-59(49)73)51(70-62(76)85-64(10,11)12)37-47(42(3)4)33-45-23-25-53(78-18)56(35-45)81-29-20-27-77-17/h22-25,34-35,41-43,46-52,55,71H,20-21,26-33,36-40H2,1-19H3,(H2,67,74)(H,68,72)(H,69,75)(H,70,76)/t46-,47-,48-,49+,50-,51-,52-,55-/m0/s1. The Morgan fingerprint density at radius 2 is 1.16 bits per heavy atom. The van der Waals surface area contributed by atoms with Gasteiger partial charge in [0.1, 0.15) is 17.3 Å². The molecule has 484 valence electrons. The lowest BCUT2D eigenvalue weighted by Gasteiger charge is -2.33. The van der Waals surface area contributed by atoms with Crippen molar-refractivity contribution in [3.63, 3.8) is 0 Å². The van der Waals surface area contributed by atoms with E-state index in [0.717, 1.165) is 17.5 Å². The van der Waals surface area contributed by atoms with E-state index in [-0.39, 0.29) is 54.4 Å². The van der Waals surface area contributed by atoms with E-state index in [1.54, 1.807) is 55.9 Å². The number of primary amides is 1. The Kier molecular flexibility index (Phi) is 29.6. The van der Waals surface area contributed by atoms with E-state index in [1.165, 1.54) is 0 Å². The molecule has 0 aromatic heterocycles. The molecule has 85 heavy (non-hydrogen) atoms. The van der Waals surface area contributed by atoms with Gasteiger partial charge in [0.15, 0.2) is 23.0 Å². The van der Waals surface area contributed by atoms with Crippen molar-refractivity contribution in [3.05, 3.63) is 47.5 Å². The van der Waals surface area contributed by atoms with E-state index < -0.39 is 76.3 Å². The first-order valence-corrected chi connectivity index (χ1v) is 30.7. The first-order chi connectivity index (χ1) is 39.6. The molecular weight excluding hydrogens is 1090 g/mol. The zero-order valence-electron chi connectivity index (χ0n) is 55.2. The summed E-state index contributed by atoms with van der Waals surface area (Å²) in [5, 5.41) is 20.8. The van der Waals surface area contributed by atoms with E-state index in [4.69, 9.17) is 48.4 Å². The number of hydrogen-bond donors (Lipinski definition) is 5. The van der Waals surface area contributed by atoms with Gasteiger partial charge in [0, 0.05) is 58.7 Å². The third kappa shape index (κ3) is 25.8. The number of benzene rings is 2. The van der Waals surface area contributed by atoms with Crippen molar-refractivity contribution in [1.82, 2.24) is 16.0 Å². The lowest BCUT2D eigenvalue weighted by atomic mass is 9.74. The topological polar surface area (TPSA) is 251 Å². The van der Waals surface area contributed by atoms with Crippen LogP contribution < -0.4 is 40.6 Å². The number of hydrogen-bond acceptors (Lipinski definition) is 15. The third-order valence-corrected chi connectivity index (χ3v) is 16.1. The molecule has 19 heteroatoms. The van der Waals surface area contributed by atoms with Crippen LogP contribution in [0.15, 0.2) is 36.4 Å². The Hall–Kier alpha value is -5.53. The minimum Gasteiger partial charge on any atom is -0.493 e. The van der Waals surface area contributed by atoms with Gasteiger partial charge in [0.05, 0.1) is 57.0 Å². The minimum absolute atomic E-state index is 0.0385. The summed E-state index contributed by atoms with van der Waals surface area (Å²) in [5.74, 6) is 0.477. The van der Waals surface area contributed by atoms with Gasteiger partial charge in [0.25, 0.3) is 0 Å². The molecule has 2 aromatic rings. The van der Waals surface area contributed by atoms with Gasteiger partial charge < -0.3 is 69.4 Å². The third-order valence-electron chi connectivity index (χ3n) is 16.1. The maximum absolute atomic E-state index is 13.8. The molecule has 4 amide bonds. The summed E-state index contributed by atoms with van der Waals surface area (Å²) in [6.45, 7) is 32.8. The molecule has 1 saturated heterocycles. The lowest BCUT2D eigenvalue weighted by molar-refractivity contribution is -0.148. The van der Waals surface area contributed by atoms with Crippen molar-refractivity contribution in [2.45, 2.75) is 204 Å². The molecule has 3 rings (SSSR count). The van der Waals surface area contributed by atoms with Crippen LogP contribution in [0.4, 0.5) is 9.59 Å². The second-order valence-electron chi connectivity index (χ2n) is 27.5. The molecule has 1 heterocycles. The molecule has 6 N–H and O–H groups in total. The second-order valence-corrected chi connectivity index (χ2v) is 27.5. The molecule has 1 fully saturated rings. The normalized spacial score (nSPS) is 17.1. The molecule has 0 spiro atoms. The van der Waals surface area contributed by atoms with Crippen LogP contribution in [-0.4, -0.2) is 131 Å². The van der Waals surface area contributed by atoms with Crippen LogP contribution in [0, 0.1) is 52.3 Å². The number of nitrogens with two attached hydrogens (primary N) is 1. The van der Waals surface area contributed by atoms with Crippen LogP contribution in [0.5, 0.6) is 23.0 Å². The largest absolute Gasteiger partial charge is 0.493 e. The molecule has 0 aliphatic carbocycles. The fourth-order valence-corrected chi connectivity index (χ4v) is 10.4. The lowest BCUT2D eigenvalue weighted by Crippen LogP contribution is -2.49. The van der Waals surface area contributed by atoms with Gasteiger partial charge in [-0.15, -0.1) is 0 Å². The van der Waals surface area contributed by atoms with Crippen LogP contribution in [0.1, 0.15) is 167 Å². The highest BCUT2D eigenvalue weighted by molar-refractivity contribution is 5.83.